The maximum atomic E-state index is 13.6. The molecule has 0 aliphatic carbocycles. The Bertz CT molecular complexity index is 356. The molecule has 1 unspecified atom stereocenters. The molecular formula is C10H9FN2. The van der Waals surface area contributed by atoms with Crippen LogP contribution in [-0.4, -0.2) is 9.78 Å². The van der Waals surface area contributed by atoms with Crippen molar-refractivity contribution in [1.29, 1.82) is 0 Å². The molecule has 0 N–H and O–H groups in total. The van der Waals surface area contributed by atoms with Gasteiger partial charge in [-0.15, -0.1) is 0 Å². The molecule has 2 nitrogen and oxygen atoms in total. The van der Waals surface area contributed by atoms with Crippen LogP contribution in [0.1, 0.15) is 11.9 Å². The van der Waals surface area contributed by atoms with Crippen molar-refractivity contribution >= 4 is 0 Å². The highest BCUT2D eigenvalue weighted by Crippen LogP contribution is 2.17. The van der Waals surface area contributed by atoms with Crippen molar-refractivity contribution in [1.82, 2.24) is 9.78 Å². The van der Waals surface area contributed by atoms with Crippen LogP contribution in [0.4, 0.5) is 4.39 Å². The first-order valence-corrected chi connectivity index (χ1v) is 4.06. The fraction of sp³-hybridized carbons (Fsp3) is 0.100. The standard InChI is InChI=1S/C10H9FN2/c11-10(13-8-4-7-12-13)9-5-2-1-3-6-9/h1-8,10H. The highest BCUT2D eigenvalue weighted by atomic mass is 19.1. The van der Waals surface area contributed by atoms with Crippen molar-refractivity contribution in [2.45, 2.75) is 6.30 Å². The first kappa shape index (κ1) is 7.98. The van der Waals surface area contributed by atoms with Gasteiger partial charge in [0.15, 0.2) is 0 Å². The zero-order valence-corrected chi connectivity index (χ0v) is 6.97. The van der Waals surface area contributed by atoms with Gasteiger partial charge in [0, 0.05) is 18.0 Å². The molecule has 0 aliphatic rings. The average Bonchev–Trinajstić information content (AvgIpc) is 2.71. The van der Waals surface area contributed by atoms with E-state index in [0.29, 0.717) is 5.56 Å². The Morgan fingerprint density at radius 1 is 1.15 bits per heavy atom. The lowest BCUT2D eigenvalue weighted by Gasteiger charge is -2.07. The van der Waals surface area contributed by atoms with Gasteiger partial charge in [-0.05, 0) is 6.07 Å². The fourth-order valence-corrected chi connectivity index (χ4v) is 1.18. The SMILES string of the molecule is FC(c1ccccc1)n1cccn1. The molecule has 0 amide bonds. The predicted octanol–water partition coefficient (Wildman–Crippen LogP) is 2.40. The molecule has 1 aromatic heterocycles. The molecule has 0 spiro atoms. The molecule has 66 valence electrons. The average molecular weight is 176 g/mol. The van der Waals surface area contributed by atoms with Crippen molar-refractivity contribution in [2.24, 2.45) is 0 Å². The van der Waals surface area contributed by atoms with Gasteiger partial charge in [-0.2, -0.15) is 5.10 Å². The van der Waals surface area contributed by atoms with Crippen molar-refractivity contribution in [3.05, 3.63) is 54.4 Å². The molecule has 13 heavy (non-hydrogen) atoms. The van der Waals surface area contributed by atoms with Gasteiger partial charge >= 0.3 is 0 Å². The largest absolute Gasteiger partial charge is 0.235 e. The van der Waals surface area contributed by atoms with Gasteiger partial charge in [-0.25, -0.2) is 9.07 Å². The third kappa shape index (κ3) is 1.59. The van der Waals surface area contributed by atoms with E-state index >= 15 is 0 Å². The Morgan fingerprint density at radius 3 is 2.54 bits per heavy atom. The van der Waals surface area contributed by atoms with E-state index in [-0.39, 0.29) is 0 Å². The van der Waals surface area contributed by atoms with Crippen LogP contribution in [0, 0.1) is 0 Å². The predicted molar refractivity (Wildman–Crippen MR) is 47.9 cm³/mol. The van der Waals surface area contributed by atoms with Crippen molar-refractivity contribution < 1.29 is 4.39 Å². The summed E-state index contributed by atoms with van der Waals surface area (Å²) in [7, 11) is 0. The second-order valence-electron chi connectivity index (χ2n) is 2.73. The van der Waals surface area contributed by atoms with E-state index in [1.54, 1.807) is 30.6 Å². The van der Waals surface area contributed by atoms with E-state index < -0.39 is 6.30 Å². The number of nitrogens with zero attached hydrogens (tertiary/aromatic N) is 2. The summed E-state index contributed by atoms with van der Waals surface area (Å²) < 4.78 is 14.9. The first-order chi connectivity index (χ1) is 6.38. The second-order valence-corrected chi connectivity index (χ2v) is 2.73. The van der Waals surface area contributed by atoms with Crippen LogP contribution in [-0.2, 0) is 0 Å². The number of aromatic nitrogens is 2. The number of halogens is 1. The van der Waals surface area contributed by atoms with Crippen LogP contribution in [0.5, 0.6) is 0 Å². The smallest absolute Gasteiger partial charge is 0.217 e. The van der Waals surface area contributed by atoms with E-state index in [1.807, 2.05) is 18.2 Å². The minimum atomic E-state index is -1.18. The Labute approximate surface area is 75.6 Å². The van der Waals surface area contributed by atoms with Crippen LogP contribution in [0.3, 0.4) is 0 Å². The van der Waals surface area contributed by atoms with E-state index in [0.717, 1.165) is 0 Å². The third-order valence-electron chi connectivity index (χ3n) is 1.83. The van der Waals surface area contributed by atoms with E-state index in [2.05, 4.69) is 5.10 Å². The lowest BCUT2D eigenvalue weighted by Crippen LogP contribution is -2.05. The summed E-state index contributed by atoms with van der Waals surface area (Å²) in [5, 5.41) is 3.83. The summed E-state index contributed by atoms with van der Waals surface area (Å²) >= 11 is 0. The number of rotatable bonds is 2. The highest BCUT2D eigenvalue weighted by molar-refractivity contribution is 5.17. The second kappa shape index (κ2) is 3.39. The normalized spacial score (nSPS) is 12.7. The van der Waals surface area contributed by atoms with Crippen LogP contribution >= 0.6 is 0 Å². The Balaban J connectivity index is 2.29. The topological polar surface area (TPSA) is 17.8 Å². The van der Waals surface area contributed by atoms with Gasteiger partial charge in [-0.1, -0.05) is 30.3 Å². The quantitative estimate of drug-likeness (QED) is 0.687. The molecule has 3 heteroatoms. The summed E-state index contributed by atoms with van der Waals surface area (Å²) in [5.74, 6) is 0. The molecular weight excluding hydrogens is 167 g/mol. The van der Waals surface area contributed by atoms with Crippen molar-refractivity contribution in [3.8, 4) is 0 Å². The Hall–Kier alpha value is -1.64. The van der Waals surface area contributed by atoms with Gasteiger partial charge in [0.05, 0.1) is 0 Å². The number of alkyl halides is 1. The van der Waals surface area contributed by atoms with Gasteiger partial charge in [0.1, 0.15) is 0 Å². The zero-order chi connectivity index (χ0) is 9.10. The highest BCUT2D eigenvalue weighted by Gasteiger charge is 2.09. The lowest BCUT2D eigenvalue weighted by molar-refractivity contribution is 0.271. The number of hydrogen-bond donors (Lipinski definition) is 0. The molecule has 0 saturated heterocycles. The minimum absolute atomic E-state index is 0.617. The van der Waals surface area contributed by atoms with Crippen molar-refractivity contribution in [3.63, 3.8) is 0 Å². The molecule has 0 fully saturated rings. The first-order valence-electron chi connectivity index (χ1n) is 4.06. The number of hydrogen-bond acceptors (Lipinski definition) is 1. The number of benzene rings is 1. The van der Waals surface area contributed by atoms with Crippen molar-refractivity contribution in [2.75, 3.05) is 0 Å². The summed E-state index contributed by atoms with van der Waals surface area (Å²) in [6, 6.07) is 10.7. The zero-order valence-electron chi connectivity index (χ0n) is 6.97. The molecule has 0 bridgehead atoms. The molecule has 2 rings (SSSR count). The van der Waals surface area contributed by atoms with Gasteiger partial charge in [0.2, 0.25) is 6.30 Å². The van der Waals surface area contributed by atoms with Crippen LogP contribution in [0.15, 0.2) is 48.8 Å². The maximum Gasteiger partial charge on any atom is 0.217 e. The molecule has 0 saturated carbocycles. The Kier molecular flexibility index (Phi) is 2.08. The fourth-order valence-electron chi connectivity index (χ4n) is 1.18. The Morgan fingerprint density at radius 2 is 1.92 bits per heavy atom. The molecule has 0 radical (unpaired) electrons. The summed E-state index contributed by atoms with van der Waals surface area (Å²) in [5.41, 5.74) is 0.617. The lowest BCUT2D eigenvalue weighted by atomic mass is 10.2. The van der Waals surface area contributed by atoms with Crippen LogP contribution in [0.25, 0.3) is 0 Å². The van der Waals surface area contributed by atoms with E-state index in [1.165, 1.54) is 4.68 Å². The third-order valence-corrected chi connectivity index (χ3v) is 1.83. The van der Waals surface area contributed by atoms with Crippen LogP contribution < -0.4 is 0 Å². The van der Waals surface area contributed by atoms with E-state index in [9.17, 15) is 4.39 Å². The van der Waals surface area contributed by atoms with E-state index in [4.69, 9.17) is 0 Å². The van der Waals surface area contributed by atoms with Gasteiger partial charge in [-0.3, -0.25) is 0 Å². The van der Waals surface area contributed by atoms with Crippen LogP contribution in [0.2, 0.25) is 0 Å². The minimum Gasteiger partial charge on any atom is -0.235 e. The molecule has 1 heterocycles. The molecule has 2 aromatic rings. The maximum absolute atomic E-state index is 13.6. The monoisotopic (exact) mass is 176 g/mol. The molecule has 1 atom stereocenters. The van der Waals surface area contributed by atoms with Gasteiger partial charge < -0.3 is 0 Å². The summed E-state index contributed by atoms with van der Waals surface area (Å²) in [6.45, 7) is 0. The molecule has 1 aromatic carbocycles. The summed E-state index contributed by atoms with van der Waals surface area (Å²) in [6.07, 6.45) is 1.99. The van der Waals surface area contributed by atoms with Gasteiger partial charge in [0.25, 0.3) is 0 Å². The molecule has 0 aliphatic heterocycles. The summed E-state index contributed by atoms with van der Waals surface area (Å²) in [4.78, 5) is 0.